The minimum absolute atomic E-state index is 0.180. The Morgan fingerprint density at radius 1 is 0.947 bits per heavy atom. The lowest BCUT2D eigenvalue weighted by Crippen LogP contribution is -2.44. The van der Waals surface area contributed by atoms with Gasteiger partial charge in [0.1, 0.15) is 0 Å². The van der Waals surface area contributed by atoms with Gasteiger partial charge in [-0.25, -0.2) is 9.59 Å². The summed E-state index contributed by atoms with van der Waals surface area (Å²) >= 11 is 11.7. The normalized spacial score (nSPS) is 11.2. The van der Waals surface area contributed by atoms with Gasteiger partial charge in [0, 0.05) is 5.88 Å². The Kier molecular flexibility index (Phi) is 10.1. The van der Waals surface area contributed by atoms with Gasteiger partial charge in [-0.1, -0.05) is 30.9 Å². The molecule has 0 N–H and O–H groups in total. The molecule has 0 amide bonds. The van der Waals surface area contributed by atoms with E-state index < -0.39 is 16.8 Å². The molecule has 0 aliphatic rings. The Bertz CT molecular complexity index is 264. The van der Waals surface area contributed by atoms with Crippen molar-refractivity contribution in [1.82, 2.24) is 0 Å². The molecule has 0 aromatic rings. The zero-order valence-corrected chi connectivity index (χ0v) is 13.1. The van der Waals surface area contributed by atoms with Gasteiger partial charge in [-0.2, -0.15) is 0 Å². The highest BCUT2D eigenvalue weighted by molar-refractivity contribution is 6.44. The molecule has 0 spiro atoms. The molecule has 0 fully saturated rings. The van der Waals surface area contributed by atoms with Gasteiger partial charge in [-0.05, 0) is 26.7 Å². The van der Waals surface area contributed by atoms with Crippen LogP contribution in [0.2, 0.25) is 0 Å². The van der Waals surface area contributed by atoms with Crippen LogP contribution in [-0.2, 0) is 19.1 Å². The van der Waals surface area contributed by atoms with Gasteiger partial charge in [-0.3, -0.25) is 0 Å². The minimum atomic E-state index is -1.72. The van der Waals surface area contributed by atoms with Gasteiger partial charge < -0.3 is 9.47 Å². The van der Waals surface area contributed by atoms with E-state index in [1.165, 1.54) is 0 Å². The van der Waals surface area contributed by atoms with Gasteiger partial charge in [0.25, 0.3) is 0 Å². The molecule has 0 unspecified atom stereocenters. The number of carbonyl (C=O) groups is 2. The second-order valence-corrected chi connectivity index (χ2v) is 5.12. The van der Waals surface area contributed by atoms with Crippen molar-refractivity contribution in [1.29, 1.82) is 0 Å². The molecule has 19 heavy (non-hydrogen) atoms. The highest BCUT2D eigenvalue weighted by atomic mass is 35.5. The van der Waals surface area contributed by atoms with E-state index in [1.807, 2.05) is 0 Å². The zero-order chi connectivity index (χ0) is 14.7. The molecule has 112 valence electrons. The fraction of sp³-hybridized carbons (Fsp3) is 0.846. The average Bonchev–Trinajstić information content (AvgIpc) is 2.38. The van der Waals surface area contributed by atoms with Crippen molar-refractivity contribution < 1.29 is 19.1 Å². The van der Waals surface area contributed by atoms with Crippen LogP contribution >= 0.6 is 23.2 Å². The molecule has 0 saturated carbocycles. The van der Waals surface area contributed by atoms with E-state index >= 15 is 0 Å². The highest BCUT2D eigenvalue weighted by Gasteiger charge is 2.46. The Labute approximate surface area is 124 Å². The summed E-state index contributed by atoms with van der Waals surface area (Å²) < 4.78 is 9.72. The first-order valence-electron chi connectivity index (χ1n) is 6.62. The van der Waals surface area contributed by atoms with Crippen LogP contribution in [0.4, 0.5) is 0 Å². The molecular weight excluding hydrogens is 291 g/mol. The number of hydrogen-bond acceptors (Lipinski definition) is 4. The van der Waals surface area contributed by atoms with E-state index in [0.29, 0.717) is 12.3 Å². The van der Waals surface area contributed by atoms with Crippen LogP contribution in [0, 0.1) is 0 Å². The highest BCUT2D eigenvalue weighted by Crippen LogP contribution is 2.27. The summed E-state index contributed by atoms with van der Waals surface area (Å²) in [5.74, 6) is -0.846. The number of ether oxygens (including phenoxy) is 2. The Morgan fingerprint density at radius 3 is 1.84 bits per heavy atom. The minimum Gasteiger partial charge on any atom is -0.464 e. The largest absolute Gasteiger partial charge is 0.464 e. The molecule has 0 aromatic heterocycles. The van der Waals surface area contributed by atoms with Crippen molar-refractivity contribution >= 4 is 35.1 Å². The lowest BCUT2D eigenvalue weighted by Gasteiger charge is -2.22. The van der Waals surface area contributed by atoms with E-state index in [4.69, 9.17) is 32.7 Å². The van der Waals surface area contributed by atoms with Crippen molar-refractivity contribution in [2.45, 2.75) is 50.8 Å². The van der Waals surface area contributed by atoms with E-state index in [9.17, 15) is 9.59 Å². The van der Waals surface area contributed by atoms with Crippen LogP contribution < -0.4 is 0 Å². The van der Waals surface area contributed by atoms with Crippen molar-refractivity contribution in [2.24, 2.45) is 0 Å². The molecule has 0 atom stereocenters. The van der Waals surface area contributed by atoms with E-state index in [1.54, 1.807) is 13.8 Å². The van der Waals surface area contributed by atoms with E-state index in [0.717, 1.165) is 19.3 Å². The van der Waals surface area contributed by atoms with E-state index in [-0.39, 0.29) is 19.6 Å². The molecule has 4 nitrogen and oxygen atoms in total. The first-order valence-corrected chi connectivity index (χ1v) is 7.53. The molecule has 0 bridgehead atoms. The molecule has 0 heterocycles. The third-order valence-corrected chi connectivity index (χ3v) is 3.37. The number of halogens is 2. The van der Waals surface area contributed by atoms with Crippen LogP contribution in [0.15, 0.2) is 0 Å². The maximum absolute atomic E-state index is 11.8. The van der Waals surface area contributed by atoms with Crippen LogP contribution in [-0.4, -0.2) is 35.9 Å². The number of rotatable bonds is 10. The predicted molar refractivity (Wildman–Crippen MR) is 75.7 cm³/mol. The number of alkyl halides is 2. The SMILES string of the molecule is CCOC(=O)C(Cl)(CCCCCCCl)C(=O)OCC. The second kappa shape index (κ2) is 10.3. The lowest BCUT2D eigenvalue weighted by molar-refractivity contribution is -0.159. The summed E-state index contributed by atoms with van der Waals surface area (Å²) in [7, 11) is 0. The zero-order valence-electron chi connectivity index (χ0n) is 11.5. The Morgan fingerprint density at radius 2 is 1.42 bits per heavy atom. The van der Waals surface area contributed by atoms with E-state index in [2.05, 4.69) is 0 Å². The van der Waals surface area contributed by atoms with Crippen LogP contribution in [0.25, 0.3) is 0 Å². The van der Waals surface area contributed by atoms with Crippen molar-refractivity contribution in [3.8, 4) is 0 Å². The second-order valence-electron chi connectivity index (χ2n) is 4.10. The first kappa shape index (κ1) is 18.5. The Hall–Kier alpha value is -0.480. The standard InChI is InChI=1S/C13H22Cl2O4/c1-3-18-11(16)13(15,12(17)19-4-2)9-7-5-6-8-10-14/h3-10H2,1-2H3. The van der Waals surface area contributed by atoms with Crippen LogP contribution in [0.5, 0.6) is 0 Å². The molecular formula is C13H22Cl2O4. The topological polar surface area (TPSA) is 52.6 Å². The number of hydrogen-bond donors (Lipinski definition) is 0. The van der Waals surface area contributed by atoms with Gasteiger partial charge in [0.15, 0.2) is 0 Å². The first-order chi connectivity index (χ1) is 9.02. The Balaban J connectivity index is 4.49. The fourth-order valence-electron chi connectivity index (χ4n) is 1.60. The van der Waals surface area contributed by atoms with Gasteiger partial charge in [0.2, 0.25) is 4.87 Å². The van der Waals surface area contributed by atoms with Crippen LogP contribution in [0.1, 0.15) is 46.0 Å². The average molecular weight is 313 g/mol. The monoisotopic (exact) mass is 312 g/mol. The maximum Gasteiger partial charge on any atom is 0.338 e. The summed E-state index contributed by atoms with van der Waals surface area (Å²) in [5, 5.41) is 0. The van der Waals surface area contributed by atoms with Gasteiger partial charge >= 0.3 is 11.9 Å². The molecule has 0 aromatic carbocycles. The summed E-state index contributed by atoms with van der Waals surface area (Å²) in [4.78, 5) is 21.9. The van der Waals surface area contributed by atoms with Gasteiger partial charge in [-0.15, -0.1) is 11.6 Å². The number of unbranched alkanes of at least 4 members (excludes halogenated alkanes) is 3. The summed E-state index contributed by atoms with van der Waals surface area (Å²) in [5.41, 5.74) is 0. The van der Waals surface area contributed by atoms with Crippen molar-refractivity contribution in [3.05, 3.63) is 0 Å². The number of esters is 2. The fourth-order valence-corrected chi connectivity index (χ4v) is 2.03. The lowest BCUT2D eigenvalue weighted by atomic mass is 10.00. The molecule has 0 aliphatic carbocycles. The smallest absolute Gasteiger partial charge is 0.338 e. The molecule has 0 aliphatic heterocycles. The third kappa shape index (κ3) is 6.48. The molecule has 0 saturated heterocycles. The molecule has 6 heteroatoms. The number of carbonyl (C=O) groups excluding carboxylic acids is 2. The quantitative estimate of drug-likeness (QED) is 0.269. The third-order valence-electron chi connectivity index (χ3n) is 2.60. The molecule has 0 rings (SSSR count). The van der Waals surface area contributed by atoms with Gasteiger partial charge in [0.05, 0.1) is 13.2 Å². The van der Waals surface area contributed by atoms with Crippen molar-refractivity contribution in [2.75, 3.05) is 19.1 Å². The van der Waals surface area contributed by atoms with Crippen LogP contribution in [0.3, 0.4) is 0 Å². The summed E-state index contributed by atoms with van der Waals surface area (Å²) in [6.07, 6.45) is 3.59. The molecule has 0 radical (unpaired) electrons. The summed E-state index contributed by atoms with van der Waals surface area (Å²) in [6.45, 7) is 3.69. The summed E-state index contributed by atoms with van der Waals surface area (Å²) in [6, 6.07) is 0. The van der Waals surface area contributed by atoms with Crippen molar-refractivity contribution in [3.63, 3.8) is 0 Å². The maximum atomic E-state index is 11.8. The predicted octanol–water partition coefficient (Wildman–Crippen LogP) is 3.28.